The number of nitrogen functional groups attached to an aromatic ring is 1. The molecule has 12 heteroatoms. The third kappa shape index (κ3) is 4.66. The van der Waals surface area contributed by atoms with E-state index in [-0.39, 0.29) is 43.5 Å². The van der Waals surface area contributed by atoms with Gasteiger partial charge in [-0.2, -0.15) is 18.3 Å². The van der Waals surface area contributed by atoms with Crippen molar-refractivity contribution in [1.29, 1.82) is 0 Å². The maximum Gasteiger partial charge on any atom is 0.406 e. The average molecular weight is 478 g/mol. The number of hydrogen-bond donors (Lipinski definition) is 1. The van der Waals surface area contributed by atoms with Gasteiger partial charge in [-0.1, -0.05) is 18.2 Å². The molecule has 3 heterocycles. The van der Waals surface area contributed by atoms with Crippen LogP contribution in [0.4, 0.5) is 23.4 Å². The minimum Gasteiger partial charge on any atom is -0.384 e. The van der Waals surface area contributed by atoms with Crippen molar-refractivity contribution in [3.8, 4) is 0 Å². The number of rotatable bonds is 6. The molecule has 0 spiro atoms. The summed E-state index contributed by atoms with van der Waals surface area (Å²) in [4.78, 5) is 31.0. The SMILES string of the molecule is CCN(CC(F)(F)F)C(=O)Cn1nc(C2CN(C(=O)c3cc(N)ncc3F)C2)c2ccccc21. The largest absolute Gasteiger partial charge is 0.406 e. The lowest BCUT2D eigenvalue weighted by atomic mass is 9.93. The van der Waals surface area contributed by atoms with E-state index in [0.717, 1.165) is 16.5 Å². The zero-order valence-electron chi connectivity index (χ0n) is 18.2. The number of carbonyl (C=O) groups excluding carboxylic acids is 2. The van der Waals surface area contributed by atoms with Gasteiger partial charge in [0, 0.05) is 30.9 Å². The molecular formula is C22H22F4N6O2. The number of nitrogens with two attached hydrogens (primary N) is 1. The van der Waals surface area contributed by atoms with Gasteiger partial charge in [0.2, 0.25) is 5.91 Å². The Morgan fingerprint density at radius 1 is 1.24 bits per heavy atom. The fourth-order valence-corrected chi connectivity index (χ4v) is 4.00. The predicted octanol–water partition coefficient (Wildman–Crippen LogP) is 2.80. The molecule has 0 bridgehead atoms. The van der Waals surface area contributed by atoms with Gasteiger partial charge < -0.3 is 15.5 Å². The summed E-state index contributed by atoms with van der Waals surface area (Å²) in [6.07, 6.45) is -3.60. The van der Waals surface area contributed by atoms with Gasteiger partial charge >= 0.3 is 6.18 Å². The molecule has 1 aromatic carbocycles. The number of carbonyl (C=O) groups is 2. The number of alkyl halides is 3. The van der Waals surface area contributed by atoms with Crippen LogP contribution in [0.25, 0.3) is 10.9 Å². The van der Waals surface area contributed by atoms with Gasteiger partial charge in [0.05, 0.1) is 23.0 Å². The summed E-state index contributed by atoms with van der Waals surface area (Å²) in [6.45, 7) is 0.260. The quantitative estimate of drug-likeness (QED) is 0.550. The van der Waals surface area contributed by atoms with E-state index in [4.69, 9.17) is 5.73 Å². The molecule has 180 valence electrons. The Morgan fingerprint density at radius 3 is 2.62 bits per heavy atom. The molecule has 1 saturated heterocycles. The lowest BCUT2D eigenvalue weighted by molar-refractivity contribution is -0.161. The normalized spacial score (nSPS) is 14.3. The van der Waals surface area contributed by atoms with Gasteiger partial charge in [-0.05, 0) is 19.1 Å². The summed E-state index contributed by atoms with van der Waals surface area (Å²) in [5.41, 5.74) is 6.62. The van der Waals surface area contributed by atoms with Gasteiger partial charge in [-0.3, -0.25) is 14.3 Å². The predicted molar refractivity (Wildman–Crippen MR) is 115 cm³/mol. The molecule has 2 aromatic heterocycles. The van der Waals surface area contributed by atoms with E-state index in [1.54, 1.807) is 24.3 Å². The summed E-state index contributed by atoms with van der Waals surface area (Å²) in [7, 11) is 0. The summed E-state index contributed by atoms with van der Waals surface area (Å²) in [5, 5.41) is 5.25. The van der Waals surface area contributed by atoms with Crippen molar-refractivity contribution >= 4 is 28.5 Å². The van der Waals surface area contributed by atoms with Gasteiger partial charge in [0.15, 0.2) is 5.82 Å². The number of aromatic nitrogens is 3. The number of fused-ring (bicyclic) bond motifs is 1. The van der Waals surface area contributed by atoms with Crippen LogP contribution in [-0.4, -0.2) is 68.7 Å². The Kier molecular flexibility index (Phi) is 6.15. The second kappa shape index (κ2) is 8.92. The molecular weight excluding hydrogens is 456 g/mol. The molecule has 2 N–H and O–H groups in total. The molecule has 1 fully saturated rings. The van der Waals surface area contributed by atoms with Crippen LogP contribution in [0.3, 0.4) is 0 Å². The van der Waals surface area contributed by atoms with Gasteiger partial charge in [0.25, 0.3) is 5.91 Å². The lowest BCUT2D eigenvalue weighted by Gasteiger charge is -2.38. The van der Waals surface area contributed by atoms with Crippen molar-refractivity contribution in [3.63, 3.8) is 0 Å². The van der Waals surface area contributed by atoms with E-state index in [2.05, 4.69) is 10.1 Å². The van der Waals surface area contributed by atoms with Crippen LogP contribution in [0.5, 0.6) is 0 Å². The number of hydrogen-bond acceptors (Lipinski definition) is 5. The zero-order valence-corrected chi connectivity index (χ0v) is 18.2. The number of nitrogens with zero attached hydrogens (tertiary/aromatic N) is 5. The Balaban J connectivity index is 1.52. The Morgan fingerprint density at radius 2 is 1.94 bits per heavy atom. The van der Waals surface area contributed by atoms with Crippen LogP contribution in [-0.2, 0) is 11.3 Å². The first kappa shape index (κ1) is 23.5. The van der Waals surface area contributed by atoms with E-state index < -0.39 is 30.4 Å². The van der Waals surface area contributed by atoms with Crippen molar-refractivity contribution in [2.24, 2.45) is 0 Å². The Bertz CT molecular complexity index is 1240. The van der Waals surface area contributed by atoms with Crippen molar-refractivity contribution in [1.82, 2.24) is 24.6 Å². The standard InChI is InChI=1S/C22H22F4N6O2/c1-2-30(12-22(24,25)26)19(33)11-32-17-6-4-3-5-14(17)20(29-32)13-9-31(10-13)21(34)15-7-18(27)28-8-16(15)23/h3-8,13H,2,9-12H2,1H3,(H2,27,28). The molecule has 1 aliphatic rings. The van der Waals surface area contributed by atoms with E-state index in [0.29, 0.717) is 11.2 Å². The van der Waals surface area contributed by atoms with Crippen molar-refractivity contribution in [2.75, 3.05) is 31.9 Å². The van der Waals surface area contributed by atoms with E-state index in [9.17, 15) is 27.2 Å². The van der Waals surface area contributed by atoms with Gasteiger partial charge in [0.1, 0.15) is 18.9 Å². The highest BCUT2D eigenvalue weighted by atomic mass is 19.4. The fourth-order valence-electron chi connectivity index (χ4n) is 4.00. The number of pyridine rings is 1. The van der Waals surface area contributed by atoms with Gasteiger partial charge in [-0.25, -0.2) is 9.37 Å². The molecule has 0 aliphatic carbocycles. The third-order valence-electron chi connectivity index (χ3n) is 5.74. The Hall–Kier alpha value is -3.70. The minimum atomic E-state index is -4.50. The van der Waals surface area contributed by atoms with Crippen LogP contribution in [0, 0.1) is 5.82 Å². The minimum absolute atomic E-state index is 0.0304. The number of anilines is 1. The maximum atomic E-state index is 14.0. The number of amides is 2. The number of benzene rings is 1. The number of para-hydroxylation sites is 1. The van der Waals surface area contributed by atoms with Crippen LogP contribution in [0.2, 0.25) is 0 Å². The van der Waals surface area contributed by atoms with Crippen molar-refractivity contribution in [2.45, 2.75) is 25.6 Å². The number of halogens is 4. The third-order valence-corrected chi connectivity index (χ3v) is 5.74. The summed E-state index contributed by atoms with van der Waals surface area (Å²) >= 11 is 0. The maximum absolute atomic E-state index is 14.0. The van der Waals surface area contributed by atoms with Crippen LogP contribution in [0.15, 0.2) is 36.5 Å². The first-order valence-electron chi connectivity index (χ1n) is 10.6. The lowest BCUT2D eigenvalue weighted by Crippen LogP contribution is -2.49. The monoisotopic (exact) mass is 478 g/mol. The first-order chi connectivity index (χ1) is 16.1. The fraction of sp³-hybridized carbons (Fsp3) is 0.364. The number of likely N-dealkylation sites (N-methyl/N-ethyl adjacent to an activating group) is 1. The summed E-state index contributed by atoms with van der Waals surface area (Å²) in [5.74, 6) is -2.13. The highest BCUT2D eigenvalue weighted by Gasteiger charge is 2.37. The highest BCUT2D eigenvalue weighted by Crippen LogP contribution is 2.33. The smallest absolute Gasteiger partial charge is 0.384 e. The summed E-state index contributed by atoms with van der Waals surface area (Å²) in [6, 6.07) is 8.25. The molecule has 0 atom stereocenters. The molecule has 0 saturated carbocycles. The molecule has 34 heavy (non-hydrogen) atoms. The van der Waals surface area contributed by atoms with E-state index in [1.807, 2.05) is 0 Å². The summed E-state index contributed by atoms with van der Waals surface area (Å²) < 4.78 is 53.8. The molecule has 8 nitrogen and oxygen atoms in total. The Labute approximate surface area is 191 Å². The van der Waals surface area contributed by atoms with Gasteiger partial charge in [-0.15, -0.1) is 0 Å². The van der Waals surface area contributed by atoms with E-state index in [1.165, 1.54) is 22.6 Å². The number of likely N-dealkylation sites (tertiary alicyclic amines) is 1. The second-order valence-electron chi connectivity index (χ2n) is 8.08. The molecule has 3 aromatic rings. The molecule has 0 radical (unpaired) electrons. The van der Waals surface area contributed by atoms with Crippen LogP contribution >= 0.6 is 0 Å². The van der Waals surface area contributed by atoms with Crippen LogP contribution in [0.1, 0.15) is 28.9 Å². The molecule has 2 amide bonds. The van der Waals surface area contributed by atoms with Crippen molar-refractivity contribution < 1.29 is 27.2 Å². The second-order valence-corrected chi connectivity index (χ2v) is 8.08. The van der Waals surface area contributed by atoms with Crippen LogP contribution < -0.4 is 5.73 Å². The molecule has 4 rings (SSSR count). The first-order valence-corrected chi connectivity index (χ1v) is 10.6. The molecule has 0 unspecified atom stereocenters. The van der Waals surface area contributed by atoms with E-state index >= 15 is 0 Å². The van der Waals surface area contributed by atoms with Crippen molar-refractivity contribution in [3.05, 3.63) is 53.6 Å². The molecule has 1 aliphatic heterocycles. The zero-order chi connectivity index (χ0) is 24.6. The average Bonchev–Trinajstić information content (AvgIpc) is 3.10. The topological polar surface area (TPSA) is 97.4 Å². The highest BCUT2D eigenvalue weighted by molar-refractivity contribution is 5.96.